The van der Waals surface area contributed by atoms with Crippen molar-refractivity contribution in [3.63, 3.8) is 0 Å². The quantitative estimate of drug-likeness (QED) is 0.451. The Morgan fingerprint density at radius 1 is 1.29 bits per heavy atom. The van der Waals surface area contributed by atoms with Crippen molar-refractivity contribution in [2.45, 2.75) is 12.8 Å². The van der Waals surface area contributed by atoms with Crippen LogP contribution in [0.2, 0.25) is 0 Å². The molecule has 3 rings (SSSR count). The van der Waals surface area contributed by atoms with Crippen molar-refractivity contribution < 1.29 is 4.73 Å². The van der Waals surface area contributed by atoms with Gasteiger partial charge in [0.25, 0.3) is 6.33 Å². The number of nitrogens with two attached hydrogens (primary N) is 1. The van der Waals surface area contributed by atoms with Gasteiger partial charge < -0.3 is 15.8 Å². The maximum atomic E-state index is 11.4. The van der Waals surface area contributed by atoms with Crippen molar-refractivity contribution in [3.05, 3.63) is 29.9 Å². The minimum absolute atomic E-state index is 0.614. The summed E-state index contributed by atoms with van der Waals surface area (Å²) in [6.07, 6.45) is 5.19. The molecule has 0 aliphatic carbocycles. The lowest BCUT2D eigenvalue weighted by molar-refractivity contribution is -0.607. The molecule has 0 bridgehead atoms. The number of benzene rings is 1. The van der Waals surface area contributed by atoms with Crippen LogP contribution in [-0.4, -0.2) is 18.1 Å². The first-order valence-corrected chi connectivity index (χ1v) is 5.77. The third-order valence-electron chi connectivity index (χ3n) is 3.23. The molecule has 1 saturated heterocycles. The molecule has 1 aromatic heterocycles. The predicted molar refractivity (Wildman–Crippen MR) is 66.6 cm³/mol. The third-order valence-corrected chi connectivity index (χ3v) is 3.23. The monoisotopic (exact) mass is 230 g/mol. The van der Waals surface area contributed by atoms with Gasteiger partial charge in [-0.3, -0.25) is 0 Å². The maximum Gasteiger partial charge on any atom is 0.289 e. The molecule has 1 aromatic carbocycles. The first-order chi connectivity index (χ1) is 8.25. The lowest BCUT2D eigenvalue weighted by Crippen LogP contribution is -2.26. The van der Waals surface area contributed by atoms with E-state index in [1.165, 1.54) is 19.2 Å². The first kappa shape index (κ1) is 10.1. The number of nitrogens with zero attached hydrogens (tertiary/aromatic N) is 3. The Bertz CT molecular complexity index is 564. The van der Waals surface area contributed by atoms with E-state index < -0.39 is 0 Å². The topological polar surface area (TPSA) is 69.1 Å². The minimum atomic E-state index is 0.614. The lowest BCUT2D eigenvalue weighted by Gasteiger charge is -2.19. The zero-order chi connectivity index (χ0) is 11.8. The zero-order valence-corrected chi connectivity index (χ0v) is 9.47. The number of nitrogen functional groups attached to an aromatic ring is 1. The molecule has 0 atom stereocenters. The van der Waals surface area contributed by atoms with Crippen LogP contribution >= 0.6 is 0 Å². The zero-order valence-electron chi connectivity index (χ0n) is 9.47. The van der Waals surface area contributed by atoms with Gasteiger partial charge in [0.15, 0.2) is 0 Å². The highest BCUT2D eigenvalue weighted by atomic mass is 16.5. The SMILES string of the molecule is Nc1ccc(N2CCCC2)c2c[n+]([O-])cnc12. The van der Waals surface area contributed by atoms with Crippen LogP contribution in [0.5, 0.6) is 0 Å². The molecule has 2 heterocycles. The summed E-state index contributed by atoms with van der Waals surface area (Å²) in [5.41, 5.74) is 8.27. The van der Waals surface area contributed by atoms with Gasteiger partial charge in [0.1, 0.15) is 6.20 Å². The van der Waals surface area contributed by atoms with Crippen molar-refractivity contribution in [1.82, 2.24) is 4.98 Å². The van der Waals surface area contributed by atoms with Gasteiger partial charge >= 0.3 is 0 Å². The highest BCUT2D eigenvalue weighted by molar-refractivity contribution is 5.97. The molecule has 17 heavy (non-hydrogen) atoms. The standard InChI is InChI=1S/C12H14N4O/c13-10-3-4-11(15-5-1-2-6-15)9-7-16(17)8-14-12(9)10/h3-4,7-8H,1-2,5-6,13H2. The third kappa shape index (κ3) is 1.63. The van der Waals surface area contributed by atoms with E-state index in [0.717, 1.165) is 28.9 Å². The van der Waals surface area contributed by atoms with Crippen LogP contribution in [0, 0.1) is 5.21 Å². The number of aromatic nitrogens is 2. The van der Waals surface area contributed by atoms with Crippen LogP contribution in [0.4, 0.5) is 11.4 Å². The molecule has 1 aliphatic heterocycles. The lowest BCUT2D eigenvalue weighted by atomic mass is 10.1. The number of hydrogen-bond donors (Lipinski definition) is 1. The number of hydrogen-bond acceptors (Lipinski definition) is 4. The molecular weight excluding hydrogens is 216 g/mol. The molecular formula is C12H14N4O. The molecule has 2 aromatic rings. The Labute approximate surface area is 99.1 Å². The first-order valence-electron chi connectivity index (χ1n) is 5.77. The second kappa shape index (κ2) is 3.76. The van der Waals surface area contributed by atoms with Gasteiger partial charge in [-0.2, -0.15) is 0 Å². The molecule has 0 unspecified atom stereocenters. The molecule has 0 spiro atoms. The van der Waals surface area contributed by atoms with Gasteiger partial charge in [-0.15, -0.1) is 0 Å². The van der Waals surface area contributed by atoms with Crippen molar-refractivity contribution in [2.75, 3.05) is 23.7 Å². The number of rotatable bonds is 1. The summed E-state index contributed by atoms with van der Waals surface area (Å²) in [6, 6.07) is 3.84. The van der Waals surface area contributed by atoms with Crippen LogP contribution in [0.1, 0.15) is 12.8 Å². The van der Waals surface area contributed by atoms with Crippen LogP contribution in [0.15, 0.2) is 24.7 Å². The largest absolute Gasteiger partial charge is 0.711 e. The Balaban J connectivity index is 2.23. The summed E-state index contributed by atoms with van der Waals surface area (Å²) >= 11 is 0. The molecule has 1 fully saturated rings. The van der Waals surface area contributed by atoms with Crippen molar-refractivity contribution in [1.29, 1.82) is 0 Å². The Kier molecular flexibility index (Phi) is 2.24. The fourth-order valence-electron chi connectivity index (χ4n) is 2.39. The normalized spacial score (nSPS) is 15.6. The molecule has 5 nitrogen and oxygen atoms in total. The maximum absolute atomic E-state index is 11.4. The fourth-order valence-corrected chi connectivity index (χ4v) is 2.39. The van der Waals surface area contributed by atoms with Gasteiger partial charge in [-0.05, 0) is 30.0 Å². The predicted octanol–water partition coefficient (Wildman–Crippen LogP) is 1.05. The van der Waals surface area contributed by atoms with E-state index in [1.807, 2.05) is 12.1 Å². The van der Waals surface area contributed by atoms with Crippen LogP contribution in [0.25, 0.3) is 10.9 Å². The summed E-state index contributed by atoms with van der Waals surface area (Å²) in [6.45, 7) is 2.07. The van der Waals surface area contributed by atoms with E-state index in [1.54, 1.807) is 6.20 Å². The Hall–Kier alpha value is -2.04. The van der Waals surface area contributed by atoms with Crippen LogP contribution < -0.4 is 15.4 Å². The fraction of sp³-hybridized carbons (Fsp3) is 0.333. The molecule has 88 valence electrons. The Morgan fingerprint density at radius 2 is 2.06 bits per heavy atom. The molecule has 1 aliphatic rings. The summed E-state index contributed by atoms with van der Waals surface area (Å²) in [5.74, 6) is 0. The van der Waals surface area contributed by atoms with Gasteiger partial charge in [0.05, 0.1) is 16.8 Å². The summed E-state index contributed by atoms with van der Waals surface area (Å²) in [4.78, 5) is 6.39. The van der Waals surface area contributed by atoms with Gasteiger partial charge in [-0.1, -0.05) is 0 Å². The second-order valence-electron chi connectivity index (χ2n) is 4.36. The van der Waals surface area contributed by atoms with E-state index in [0.29, 0.717) is 11.2 Å². The smallest absolute Gasteiger partial charge is 0.289 e. The molecule has 0 radical (unpaired) electrons. The van der Waals surface area contributed by atoms with E-state index in [2.05, 4.69) is 9.88 Å². The van der Waals surface area contributed by atoms with E-state index in [9.17, 15) is 5.21 Å². The van der Waals surface area contributed by atoms with E-state index in [-0.39, 0.29) is 0 Å². The summed E-state index contributed by atoms with van der Waals surface area (Å²) in [7, 11) is 0. The average Bonchev–Trinajstić information content (AvgIpc) is 2.83. The highest BCUT2D eigenvalue weighted by Gasteiger charge is 2.18. The van der Waals surface area contributed by atoms with Crippen molar-refractivity contribution in [3.8, 4) is 0 Å². The molecule has 2 N–H and O–H groups in total. The average molecular weight is 230 g/mol. The molecule has 0 amide bonds. The second-order valence-corrected chi connectivity index (χ2v) is 4.36. The van der Waals surface area contributed by atoms with E-state index >= 15 is 0 Å². The van der Waals surface area contributed by atoms with Crippen molar-refractivity contribution >= 4 is 22.3 Å². The highest BCUT2D eigenvalue weighted by Crippen LogP contribution is 2.30. The van der Waals surface area contributed by atoms with E-state index in [4.69, 9.17) is 5.73 Å². The molecule has 0 saturated carbocycles. The summed E-state index contributed by atoms with van der Waals surface area (Å²) in [5, 5.41) is 12.2. The number of fused-ring (bicyclic) bond motifs is 1. The van der Waals surface area contributed by atoms with Gasteiger partial charge in [-0.25, -0.2) is 4.73 Å². The van der Waals surface area contributed by atoms with Gasteiger partial charge in [0, 0.05) is 13.1 Å². The number of anilines is 2. The Morgan fingerprint density at radius 3 is 2.82 bits per heavy atom. The molecule has 5 heteroatoms. The van der Waals surface area contributed by atoms with Crippen molar-refractivity contribution in [2.24, 2.45) is 0 Å². The summed E-state index contributed by atoms with van der Waals surface area (Å²) < 4.78 is 0.724. The van der Waals surface area contributed by atoms with Gasteiger partial charge in [0.2, 0.25) is 5.52 Å². The minimum Gasteiger partial charge on any atom is -0.711 e. The van der Waals surface area contributed by atoms with Crippen LogP contribution in [0.3, 0.4) is 0 Å². The van der Waals surface area contributed by atoms with Crippen LogP contribution in [-0.2, 0) is 0 Å².